The van der Waals surface area contributed by atoms with Crippen LogP contribution in [0.3, 0.4) is 0 Å². The van der Waals surface area contributed by atoms with Crippen LogP contribution in [-0.4, -0.2) is 65.3 Å². The number of carbonyl (C=O) groups is 2. The summed E-state index contributed by atoms with van der Waals surface area (Å²) in [7, 11) is 1.43. The Morgan fingerprint density at radius 3 is 2.62 bits per heavy atom. The predicted octanol–water partition coefficient (Wildman–Crippen LogP) is 5.75. The van der Waals surface area contributed by atoms with Crippen LogP contribution < -0.4 is 15.0 Å². The van der Waals surface area contributed by atoms with Crippen molar-refractivity contribution in [3.05, 3.63) is 64.6 Å². The van der Waals surface area contributed by atoms with Gasteiger partial charge in [-0.15, -0.1) is 0 Å². The lowest BCUT2D eigenvalue weighted by atomic mass is 10.1. The molecule has 1 aliphatic heterocycles. The molecule has 0 bridgehead atoms. The highest BCUT2D eigenvalue weighted by molar-refractivity contribution is 9.10. The third-order valence-electron chi connectivity index (χ3n) is 6.10. The lowest BCUT2D eigenvalue weighted by molar-refractivity contribution is 0.0219. The van der Waals surface area contributed by atoms with Crippen molar-refractivity contribution >= 4 is 39.3 Å². The first-order chi connectivity index (χ1) is 18.5. The number of carbonyl (C=O) groups excluding carboxylic acids is 2. The maximum absolute atomic E-state index is 14.6. The zero-order valence-corrected chi connectivity index (χ0v) is 24.1. The molecule has 4 rings (SSSR count). The fourth-order valence-corrected chi connectivity index (χ4v) is 4.69. The second kappa shape index (κ2) is 11.6. The monoisotopic (exact) mass is 599 g/mol. The SMILES string of the molecule is COc1cccc(F)c1-c1nccc(C(=O)Nc2ccc(Br)cc2N2CCN(C(=O)OC(C)(C)C)C[C@@H]2C)n1. The first kappa shape index (κ1) is 28.3. The number of methoxy groups -OCH3 is 1. The Morgan fingerprint density at radius 2 is 1.92 bits per heavy atom. The summed E-state index contributed by atoms with van der Waals surface area (Å²) in [6.07, 6.45) is 1.06. The maximum atomic E-state index is 14.6. The van der Waals surface area contributed by atoms with Gasteiger partial charge in [0.2, 0.25) is 0 Å². The summed E-state index contributed by atoms with van der Waals surface area (Å²) >= 11 is 3.53. The van der Waals surface area contributed by atoms with Crippen LogP contribution >= 0.6 is 15.9 Å². The van der Waals surface area contributed by atoms with Crippen LogP contribution in [0.2, 0.25) is 0 Å². The van der Waals surface area contributed by atoms with Crippen molar-refractivity contribution in [3.8, 4) is 17.1 Å². The molecule has 2 aromatic carbocycles. The van der Waals surface area contributed by atoms with Gasteiger partial charge in [0.05, 0.1) is 24.0 Å². The predicted molar refractivity (Wildman–Crippen MR) is 151 cm³/mol. The Morgan fingerprint density at radius 1 is 1.15 bits per heavy atom. The van der Waals surface area contributed by atoms with E-state index in [4.69, 9.17) is 9.47 Å². The number of benzene rings is 2. The van der Waals surface area contributed by atoms with Gasteiger partial charge in [0.15, 0.2) is 5.82 Å². The van der Waals surface area contributed by atoms with E-state index in [-0.39, 0.29) is 35.0 Å². The van der Waals surface area contributed by atoms with E-state index in [0.717, 1.165) is 10.2 Å². The van der Waals surface area contributed by atoms with E-state index in [0.29, 0.717) is 25.3 Å². The lowest BCUT2D eigenvalue weighted by Crippen LogP contribution is -2.54. The number of aromatic nitrogens is 2. The fraction of sp³-hybridized carbons (Fsp3) is 0.357. The number of rotatable bonds is 5. The molecule has 0 saturated carbocycles. The van der Waals surface area contributed by atoms with Crippen molar-refractivity contribution in [1.29, 1.82) is 0 Å². The molecule has 1 saturated heterocycles. The lowest BCUT2D eigenvalue weighted by Gasteiger charge is -2.42. The third-order valence-corrected chi connectivity index (χ3v) is 6.60. The van der Waals surface area contributed by atoms with E-state index < -0.39 is 17.3 Å². The second-order valence-electron chi connectivity index (χ2n) is 10.2. The molecular formula is C28H31BrFN5O4. The van der Waals surface area contributed by atoms with Gasteiger partial charge in [-0.05, 0) is 64.1 Å². The molecule has 2 heterocycles. The highest BCUT2D eigenvalue weighted by Gasteiger charge is 2.31. The molecule has 1 N–H and O–H groups in total. The van der Waals surface area contributed by atoms with Gasteiger partial charge in [-0.1, -0.05) is 22.0 Å². The van der Waals surface area contributed by atoms with Crippen LogP contribution in [0.15, 0.2) is 53.1 Å². The molecular weight excluding hydrogens is 569 g/mol. The van der Waals surface area contributed by atoms with Crippen LogP contribution in [0.4, 0.5) is 20.6 Å². The minimum absolute atomic E-state index is 0.0421. The Labute approximate surface area is 235 Å². The molecule has 0 radical (unpaired) electrons. The number of amides is 2. The van der Waals surface area contributed by atoms with E-state index in [1.807, 2.05) is 39.8 Å². The average Bonchev–Trinajstić information content (AvgIpc) is 2.88. The van der Waals surface area contributed by atoms with Crippen LogP contribution in [0, 0.1) is 5.82 Å². The number of anilines is 2. The molecule has 0 spiro atoms. The van der Waals surface area contributed by atoms with Crippen molar-refractivity contribution in [3.63, 3.8) is 0 Å². The number of hydrogen-bond donors (Lipinski definition) is 1. The molecule has 0 aliphatic carbocycles. The highest BCUT2D eigenvalue weighted by atomic mass is 79.9. The molecule has 1 aliphatic rings. The van der Waals surface area contributed by atoms with Gasteiger partial charge < -0.3 is 24.6 Å². The molecule has 3 aromatic rings. The van der Waals surface area contributed by atoms with Gasteiger partial charge >= 0.3 is 6.09 Å². The van der Waals surface area contributed by atoms with Gasteiger partial charge in [0.1, 0.15) is 22.9 Å². The van der Waals surface area contributed by atoms with Crippen LogP contribution in [0.5, 0.6) is 5.75 Å². The molecule has 9 nitrogen and oxygen atoms in total. The molecule has 2 amide bonds. The largest absolute Gasteiger partial charge is 0.496 e. The number of hydrogen-bond acceptors (Lipinski definition) is 7. The number of nitrogens with zero attached hydrogens (tertiary/aromatic N) is 4. The van der Waals surface area contributed by atoms with Crippen LogP contribution in [-0.2, 0) is 4.74 Å². The quantitative estimate of drug-likeness (QED) is 0.398. The summed E-state index contributed by atoms with van der Waals surface area (Å²) in [5.41, 5.74) is 0.943. The Balaban J connectivity index is 1.56. The van der Waals surface area contributed by atoms with Crippen molar-refractivity contribution in [1.82, 2.24) is 14.9 Å². The summed E-state index contributed by atoms with van der Waals surface area (Å²) in [5.74, 6) is -0.720. The Bertz CT molecular complexity index is 1380. The average molecular weight is 600 g/mol. The molecule has 11 heteroatoms. The molecule has 0 unspecified atom stereocenters. The number of ether oxygens (including phenoxy) is 2. The van der Waals surface area contributed by atoms with Crippen LogP contribution in [0.1, 0.15) is 38.2 Å². The Kier molecular flexibility index (Phi) is 8.39. The summed E-state index contributed by atoms with van der Waals surface area (Å²) < 4.78 is 26.2. The first-order valence-electron chi connectivity index (χ1n) is 12.5. The van der Waals surface area contributed by atoms with E-state index >= 15 is 0 Å². The summed E-state index contributed by atoms with van der Waals surface area (Å²) in [6, 6.07) is 11.4. The van der Waals surface area contributed by atoms with Gasteiger partial charge in [-0.3, -0.25) is 4.79 Å². The van der Waals surface area contributed by atoms with E-state index in [2.05, 4.69) is 36.1 Å². The minimum atomic E-state index is -0.572. The van der Waals surface area contributed by atoms with E-state index in [9.17, 15) is 14.0 Å². The van der Waals surface area contributed by atoms with Crippen molar-refractivity contribution < 1.29 is 23.5 Å². The minimum Gasteiger partial charge on any atom is -0.496 e. The molecule has 1 aromatic heterocycles. The molecule has 206 valence electrons. The maximum Gasteiger partial charge on any atom is 0.410 e. The number of halogens is 2. The van der Waals surface area contributed by atoms with Gasteiger partial charge in [-0.2, -0.15) is 0 Å². The first-order valence-corrected chi connectivity index (χ1v) is 13.3. The van der Waals surface area contributed by atoms with Crippen molar-refractivity contribution in [2.45, 2.75) is 39.3 Å². The van der Waals surface area contributed by atoms with Gasteiger partial charge in [0, 0.05) is 36.3 Å². The van der Waals surface area contributed by atoms with E-state index in [1.165, 1.54) is 31.5 Å². The highest BCUT2D eigenvalue weighted by Crippen LogP contribution is 2.33. The van der Waals surface area contributed by atoms with E-state index in [1.54, 1.807) is 17.0 Å². The third kappa shape index (κ3) is 6.65. The normalized spacial score (nSPS) is 15.6. The van der Waals surface area contributed by atoms with Crippen LogP contribution in [0.25, 0.3) is 11.4 Å². The smallest absolute Gasteiger partial charge is 0.410 e. The second-order valence-corrected chi connectivity index (χ2v) is 11.1. The zero-order chi connectivity index (χ0) is 28.3. The Hall–Kier alpha value is -3.73. The number of nitrogens with one attached hydrogen (secondary N) is 1. The molecule has 39 heavy (non-hydrogen) atoms. The molecule has 1 atom stereocenters. The van der Waals surface area contributed by atoms with Crippen molar-refractivity contribution in [2.24, 2.45) is 0 Å². The summed E-state index contributed by atoms with van der Waals surface area (Å²) in [6.45, 7) is 9.02. The topological polar surface area (TPSA) is 96.9 Å². The van der Waals surface area contributed by atoms with Crippen molar-refractivity contribution in [2.75, 3.05) is 37.0 Å². The fourth-order valence-electron chi connectivity index (χ4n) is 4.34. The number of piperazine rings is 1. The zero-order valence-electron chi connectivity index (χ0n) is 22.5. The molecule has 1 fully saturated rings. The van der Waals surface area contributed by atoms with Gasteiger partial charge in [-0.25, -0.2) is 19.2 Å². The summed E-state index contributed by atoms with van der Waals surface area (Å²) in [5, 5.41) is 2.94. The van der Waals surface area contributed by atoms with Gasteiger partial charge in [0.25, 0.3) is 5.91 Å². The summed E-state index contributed by atoms with van der Waals surface area (Å²) in [4.78, 5) is 38.2. The standard InChI is InChI=1S/C28H31BrFN5O4/c1-17-16-34(27(37)39-28(2,3)4)13-14-35(17)22-15-18(29)9-10-20(22)33-26(36)21-11-12-31-25(32-21)24-19(30)7-6-8-23(24)38-5/h6-12,15,17H,13-14,16H2,1-5H3,(H,33,36)/t17-/m0/s1.